The Morgan fingerprint density at radius 3 is 2.73 bits per heavy atom. The van der Waals surface area contributed by atoms with Crippen molar-refractivity contribution in [3.05, 3.63) is 42.2 Å². The van der Waals surface area contributed by atoms with Gasteiger partial charge in [-0.1, -0.05) is 30.0 Å². The van der Waals surface area contributed by atoms with Crippen LogP contribution in [-0.2, 0) is 9.53 Å². The summed E-state index contributed by atoms with van der Waals surface area (Å²) in [6.07, 6.45) is 1.90. The molecule has 3 rings (SSSR count). The summed E-state index contributed by atoms with van der Waals surface area (Å²) in [5, 5.41) is 3.73. The van der Waals surface area contributed by atoms with Gasteiger partial charge in [0.05, 0.1) is 18.0 Å². The fourth-order valence-corrected chi connectivity index (χ4v) is 3.65. The Bertz CT molecular complexity index is 761. The summed E-state index contributed by atoms with van der Waals surface area (Å²) in [6.45, 7) is 7.72. The zero-order valence-electron chi connectivity index (χ0n) is 15.3. The van der Waals surface area contributed by atoms with E-state index in [2.05, 4.69) is 34.0 Å². The number of thioether (sulfide) groups is 1. The molecule has 1 aliphatic rings. The van der Waals surface area contributed by atoms with E-state index in [1.54, 1.807) is 6.33 Å². The van der Waals surface area contributed by atoms with Crippen molar-refractivity contribution in [1.82, 2.24) is 9.97 Å². The van der Waals surface area contributed by atoms with Crippen LogP contribution in [0.1, 0.15) is 19.4 Å². The van der Waals surface area contributed by atoms with Crippen LogP contribution in [0.25, 0.3) is 0 Å². The molecule has 138 valence electrons. The van der Waals surface area contributed by atoms with Crippen molar-refractivity contribution in [2.45, 2.75) is 38.0 Å². The van der Waals surface area contributed by atoms with Gasteiger partial charge < -0.3 is 15.0 Å². The average Bonchev–Trinajstić information content (AvgIpc) is 2.61. The van der Waals surface area contributed by atoms with E-state index >= 15 is 0 Å². The van der Waals surface area contributed by atoms with Crippen LogP contribution in [0.3, 0.4) is 0 Å². The van der Waals surface area contributed by atoms with E-state index in [0.717, 1.165) is 35.2 Å². The summed E-state index contributed by atoms with van der Waals surface area (Å²) in [7, 11) is 0. The van der Waals surface area contributed by atoms with Crippen LogP contribution < -0.4 is 10.2 Å². The summed E-state index contributed by atoms with van der Waals surface area (Å²) < 4.78 is 5.77. The minimum absolute atomic E-state index is 0.0434. The number of carbonyl (C=O) groups is 1. The Kier molecular flexibility index (Phi) is 6.11. The van der Waals surface area contributed by atoms with Crippen molar-refractivity contribution in [1.29, 1.82) is 0 Å². The fraction of sp³-hybridized carbons (Fsp3) is 0.421. The highest BCUT2D eigenvalue weighted by molar-refractivity contribution is 7.99. The highest BCUT2D eigenvalue weighted by Crippen LogP contribution is 2.23. The topological polar surface area (TPSA) is 67.4 Å². The molecule has 2 unspecified atom stereocenters. The highest BCUT2D eigenvalue weighted by atomic mass is 32.2. The molecule has 1 N–H and O–H groups in total. The first-order valence-electron chi connectivity index (χ1n) is 8.72. The van der Waals surface area contributed by atoms with Crippen LogP contribution in [0.5, 0.6) is 0 Å². The molecule has 2 aromatic rings. The maximum atomic E-state index is 12.2. The maximum absolute atomic E-state index is 12.2. The van der Waals surface area contributed by atoms with E-state index in [9.17, 15) is 4.79 Å². The number of hydrogen-bond donors (Lipinski definition) is 1. The number of anilines is 2. The van der Waals surface area contributed by atoms with Crippen LogP contribution in [-0.4, -0.2) is 46.9 Å². The molecule has 0 aliphatic carbocycles. The predicted molar refractivity (Wildman–Crippen MR) is 105 cm³/mol. The van der Waals surface area contributed by atoms with Gasteiger partial charge in [0.1, 0.15) is 17.2 Å². The number of rotatable bonds is 5. The van der Waals surface area contributed by atoms with Crippen molar-refractivity contribution in [2.75, 3.05) is 29.1 Å². The number of aromatic nitrogens is 2. The fourth-order valence-electron chi connectivity index (χ4n) is 2.99. The van der Waals surface area contributed by atoms with Crippen molar-refractivity contribution in [3.8, 4) is 0 Å². The minimum Gasteiger partial charge on any atom is -0.372 e. The predicted octanol–water partition coefficient (Wildman–Crippen LogP) is 3.13. The molecule has 0 saturated carbocycles. The number of nitrogens with one attached hydrogen (secondary N) is 1. The lowest BCUT2D eigenvalue weighted by Crippen LogP contribution is -2.45. The largest absolute Gasteiger partial charge is 0.372 e. The second kappa shape index (κ2) is 8.51. The van der Waals surface area contributed by atoms with E-state index < -0.39 is 0 Å². The van der Waals surface area contributed by atoms with Crippen LogP contribution in [0, 0.1) is 6.92 Å². The van der Waals surface area contributed by atoms with Gasteiger partial charge in [0, 0.05) is 24.8 Å². The van der Waals surface area contributed by atoms with Crippen molar-refractivity contribution >= 4 is 29.2 Å². The first-order valence-corrected chi connectivity index (χ1v) is 9.70. The van der Waals surface area contributed by atoms with Crippen molar-refractivity contribution in [3.63, 3.8) is 0 Å². The molecule has 1 aliphatic heterocycles. The van der Waals surface area contributed by atoms with Gasteiger partial charge in [-0.2, -0.15) is 0 Å². The lowest BCUT2D eigenvalue weighted by Gasteiger charge is -2.36. The smallest absolute Gasteiger partial charge is 0.234 e. The molecule has 1 saturated heterocycles. The van der Waals surface area contributed by atoms with Crippen molar-refractivity contribution < 1.29 is 9.53 Å². The number of para-hydroxylation sites is 1. The molecule has 2 atom stereocenters. The number of hydrogen-bond acceptors (Lipinski definition) is 6. The monoisotopic (exact) mass is 372 g/mol. The SMILES string of the molecule is Cc1ccccc1NC(=O)CSc1cc(N2CC(C)OC(C)C2)ncn1. The van der Waals surface area contributed by atoms with Gasteiger partial charge in [-0.3, -0.25) is 4.79 Å². The third-order valence-corrected chi connectivity index (χ3v) is 5.07. The summed E-state index contributed by atoms with van der Waals surface area (Å²) in [4.78, 5) is 23.1. The van der Waals surface area contributed by atoms with Crippen LogP contribution in [0.15, 0.2) is 41.7 Å². The number of morpholine rings is 1. The van der Waals surface area contributed by atoms with Crippen molar-refractivity contribution in [2.24, 2.45) is 0 Å². The molecule has 0 spiro atoms. The van der Waals surface area contributed by atoms with Gasteiger partial charge in [-0.05, 0) is 32.4 Å². The quantitative estimate of drug-likeness (QED) is 0.642. The standard InChI is InChI=1S/C19H24N4O2S/c1-13-6-4-5-7-16(13)22-18(24)11-26-19-8-17(20-12-21-19)23-9-14(2)25-15(3)10-23/h4-8,12,14-15H,9-11H2,1-3H3,(H,22,24). The molecule has 0 bridgehead atoms. The van der Waals surface area contributed by atoms with Crippen LogP contribution >= 0.6 is 11.8 Å². The number of benzene rings is 1. The second-order valence-electron chi connectivity index (χ2n) is 6.53. The number of nitrogens with zero attached hydrogens (tertiary/aromatic N) is 3. The Balaban J connectivity index is 1.58. The number of carbonyl (C=O) groups excluding carboxylic acids is 1. The number of ether oxygens (including phenoxy) is 1. The van der Waals surface area contributed by atoms with E-state index in [0.29, 0.717) is 5.75 Å². The van der Waals surface area contributed by atoms with E-state index in [1.807, 2.05) is 37.3 Å². The van der Waals surface area contributed by atoms with Gasteiger partial charge in [0.2, 0.25) is 5.91 Å². The molecule has 1 aromatic heterocycles. The molecule has 26 heavy (non-hydrogen) atoms. The average molecular weight is 372 g/mol. The Morgan fingerprint density at radius 2 is 2.00 bits per heavy atom. The molecule has 2 heterocycles. The third-order valence-electron chi connectivity index (χ3n) is 4.14. The Hall–Kier alpha value is -2.12. The summed E-state index contributed by atoms with van der Waals surface area (Å²) in [6, 6.07) is 9.69. The maximum Gasteiger partial charge on any atom is 0.234 e. The van der Waals surface area contributed by atoms with Gasteiger partial charge >= 0.3 is 0 Å². The minimum atomic E-state index is -0.0434. The van der Waals surface area contributed by atoms with E-state index in [1.165, 1.54) is 11.8 Å². The number of aryl methyl sites for hydroxylation is 1. The first-order chi connectivity index (χ1) is 12.5. The zero-order chi connectivity index (χ0) is 18.5. The second-order valence-corrected chi connectivity index (χ2v) is 7.52. The summed E-state index contributed by atoms with van der Waals surface area (Å²) >= 11 is 1.41. The third kappa shape index (κ3) is 4.95. The molecule has 1 aromatic carbocycles. The summed E-state index contributed by atoms with van der Waals surface area (Å²) in [5.41, 5.74) is 1.89. The normalized spacial score (nSPS) is 20.0. The molecule has 7 heteroatoms. The van der Waals surface area contributed by atoms with E-state index in [-0.39, 0.29) is 18.1 Å². The lowest BCUT2D eigenvalue weighted by atomic mass is 10.2. The molecule has 1 fully saturated rings. The number of amides is 1. The Labute approximate surface area is 158 Å². The zero-order valence-corrected chi connectivity index (χ0v) is 16.1. The van der Waals surface area contributed by atoms with E-state index in [4.69, 9.17) is 4.74 Å². The molecule has 6 nitrogen and oxygen atoms in total. The lowest BCUT2D eigenvalue weighted by molar-refractivity contribution is -0.113. The first kappa shape index (κ1) is 18.7. The molecular weight excluding hydrogens is 348 g/mol. The van der Waals surface area contributed by atoms with Gasteiger partial charge in [-0.15, -0.1) is 0 Å². The molecule has 0 radical (unpaired) electrons. The van der Waals surface area contributed by atoms with Crippen LogP contribution in [0.4, 0.5) is 11.5 Å². The van der Waals surface area contributed by atoms with Gasteiger partial charge in [-0.25, -0.2) is 9.97 Å². The molecule has 1 amide bonds. The summed E-state index contributed by atoms with van der Waals surface area (Å²) in [5.74, 6) is 1.14. The van der Waals surface area contributed by atoms with Gasteiger partial charge in [0.25, 0.3) is 0 Å². The molecular formula is C19H24N4O2S. The van der Waals surface area contributed by atoms with Crippen LogP contribution in [0.2, 0.25) is 0 Å². The highest BCUT2D eigenvalue weighted by Gasteiger charge is 2.23. The Morgan fingerprint density at radius 1 is 1.27 bits per heavy atom. The van der Waals surface area contributed by atoms with Gasteiger partial charge in [0.15, 0.2) is 0 Å².